The van der Waals surface area contributed by atoms with E-state index < -0.39 is 10.8 Å². The highest BCUT2D eigenvalue weighted by Crippen LogP contribution is 2.02. The third kappa shape index (κ3) is 4.57. The molecule has 5 heteroatoms. The fraction of sp³-hybridized carbons (Fsp3) is 0.700. The molecule has 86 valence electrons. The summed E-state index contributed by atoms with van der Waals surface area (Å²) in [5.41, 5.74) is 5.45. The molecule has 1 aromatic rings. The van der Waals surface area contributed by atoms with Crippen LogP contribution in [-0.4, -0.2) is 30.8 Å². The second kappa shape index (κ2) is 4.90. The second-order valence-corrected chi connectivity index (χ2v) is 6.02. The second-order valence-electron chi connectivity index (χ2n) is 4.44. The molecule has 0 amide bonds. The van der Waals surface area contributed by atoms with Gasteiger partial charge >= 0.3 is 0 Å². The molecule has 0 aliphatic rings. The predicted molar refractivity (Wildman–Crippen MR) is 63.1 cm³/mol. The van der Waals surface area contributed by atoms with Crippen LogP contribution in [0.1, 0.15) is 19.7 Å². The van der Waals surface area contributed by atoms with Crippen molar-refractivity contribution >= 4 is 10.8 Å². The molecule has 0 bridgehead atoms. The summed E-state index contributed by atoms with van der Waals surface area (Å²) in [6, 6.07) is 0. The summed E-state index contributed by atoms with van der Waals surface area (Å²) in [4.78, 5) is 4.11. The highest BCUT2D eigenvalue weighted by atomic mass is 32.2. The Morgan fingerprint density at radius 1 is 1.60 bits per heavy atom. The van der Waals surface area contributed by atoms with E-state index in [-0.39, 0.29) is 5.54 Å². The molecular formula is C10H19N3OS. The van der Waals surface area contributed by atoms with Crippen LogP contribution >= 0.6 is 0 Å². The third-order valence-electron chi connectivity index (χ3n) is 2.02. The van der Waals surface area contributed by atoms with E-state index >= 15 is 0 Å². The Kier molecular flexibility index (Phi) is 4.04. The molecular weight excluding hydrogens is 210 g/mol. The SMILES string of the molecule is Cc1nccn1CCS(=O)CC(C)(C)N. The smallest absolute Gasteiger partial charge is 0.105 e. The summed E-state index contributed by atoms with van der Waals surface area (Å²) in [6.07, 6.45) is 3.66. The summed E-state index contributed by atoms with van der Waals surface area (Å²) in [7, 11) is -0.856. The van der Waals surface area contributed by atoms with Gasteiger partial charge in [-0.1, -0.05) is 0 Å². The van der Waals surface area contributed by atoms with Crippen LogP contribution in [0, 0.1) is 6.92 Å². The van der Waals surface area contributed by atoms with Crippen LogP contribution in [0.4, 0.5) is 0 Å². The maximum atomic E-state index is 11.7. The van der Waals surface area contributed by atoms with Crippen LogP contribution in [0.25, 0.3) is 0 Å². The minimum Gasteiger partial charge on any atom is -0.334 e. The van der Waals surface area contributed by atoms with Crippen molar-refractivity contribution in [2.75, 3.05) is 11.5 Å². The largest absolute Gasteiger partial charge is 0.334 e. The monoisotopic (exact) mass is 229 g/mol. The number of hydrogen-bond acceptors (Lipinski definition) is 3. The van der Waals surface area contributed by atoms with E-state index in [1.807, 2.05) is 31.5 Å². The molecule has 2 N–H and O–H groups in total. The fourth-order valence-electron chi connectivity index (χ4n) is 1.33. The molecule has 1 aromatic heterocycles. The molecule has 15 heavy (non-hydrogen) atoms. The van der Waals surface area contributed by atoms with E-state index in [0.717, 1.165) is 12.4 Å². The Morgan fingerprint density at radius 3 is 2.73 bits per heavy atom. The zero-order chi connectivity index (χ0) is 11.5. The van der Waals surface area contributed by atoms with Crippen molar-refractivity contribution in [3.63, 3.8) is 0 Å². The van der Waals surface area contributed by atoms with Gasteiger partial charge in [0.05, 0.1) is 0 Å². The van der Waals surface area contributed by atoms with Gasteiger partial charge in [0.25, 0.3) is 0 Å². The summed E-state index contributed by atoms with van der Waals surface area (Å²) in [5.74, 6) is 2.14. The lowest BCUT2D eigenvalue weighted by Gasteiger charge is -2.17. The van der Waals surface area contributed by atoms with Crippen LogP contribution in [0.5, 0.6) is 0 Å². The number of imidazole rings is 1. The van der Waals surface area contributed by atoms with Crippen LogP contribution in [0.2, 0.25) is 0 Å². The first-order valence-electron chi connectivity index (χ1n) is 5.00. The normalized spacial score (nSPS) is 14.1. The van der Waals surface area contributed by atoms with Gasteiger partial charge in [0, 0.05) is 46.8 Å². The Labute approximate surface area is 93.3 Å². The van der Waals surface area contributed by atoms with E-state index in [1.165, 1.54) is 0 Å². The van der Waals surface area contributed by atoms with Gasteiger partial charge in [-0.15, -0.1) is 0 Å². The van der Waals surface area contributed by atoms with Crippen LogP contribution < -0.4 is 5.73 Å². The standard InChI is InChI=1S/C10H19N3OS/c1-9-12-4-5-13(9)6-7-15(14)8-10(2,3)11/h4-5H,6-8,11H2,1-3H3. The molecule has 0 spiro atoms. The van der Waals surface area contributed by atoms with Crippen molar-refractivity contribution in [2.45, 2.75) is 32.9 Å². The quantitative estimate of drug-likeness (QED) is 0.807. The zero-order valence-corrected chi connectivity index (χ0v) is 10.4. The van der Waals surface area contributed by atoms with E-state index in [1.54, 1.807) is 6.20 Å². The molecule has 0 radical (unpaired) electrons. The Balaban J connectivity index is 2.38. The molecule has 1 rings (SSSR count). The Bertz CT molecular complexity index is 341. The Morgan fingerprint density at radius 2 is 2.27 bits per heavy atom. The van der Waals surface area contributed by atoms with Crippen molar-refractivity contribution in [1.29, 1.82) is 0 Å². The van der Waals surface area contributed by atoms with Crippen molar-refractivity contribution in [1.82, 2.24) is 9.55 Å². The molecule has 0 saturated heterocycles. The van der Waals surface area contributed by atoms with Gasteiger partial charge in [-0.2, -0.15) is 0 Å². The zero-order valence-electron chi connectivity index (χ0n) is 9.56. The minimum atomic E-state index is -0.856. The van der Waals surface area contributed by atoms with E-state index in [0.29, 0.717) is 11.5 Å². The number of hydrogen-bond donors (Lipinski definition) is 1. The van der Waals surface area contributed by atoms with Crippen molar-refractivity contribution in [3.05, 3.63) is 18.2 Å². The predicted octanol–water partition coefficient (Wildman–Crippen LogP) is 0.678. The van der Waals surface area contributed by atoms with Crippen molar-refractivity contribution in [3.8, 4) is 0 Å². The fourth-order valence-corrected chi connectivity index (χ4v) is 2.70. The number of aromatic nitrogens is 2. The van der Waals surface area contributed by atoms with Crippen molar-refractivity contribution < 1.29 is 4.21 Å². The van der Waals surface area contributed by atoms with Gasteiger partial charge in [0.15, 0.2) is 0 Å². The van der Waals surface area contributed by atoms with Gasteiger partial charge in [0.1, 0.15) is 5.82 Å². The Hall–Kier alpha value is -0.680. The number of aryl methyl sites for hydroxylation is 2. The maximum absolute atomic E-state index is 11.7. The lowest BCUT2D eigenvalue weighted by atomic mass is 10.1. The topological polar surface area (TPSA) is 60.9 Å². The number of nitrogens with zero attached hydrogens (tertiary/aromatic N) is 2. The van der Waals surface area contributed by atoms with Crippen LogP contribution in [-0.2, 0) is 17.3 Å². The lowest BCUT2D eigenvalue weighted by Crippen LogP contribution is -2.38. The first-order chi connectivity index (χ1) is 6.88. The average Bonchev–Trinajstić information content (AvgIpc) is 2.44. The molecule has 4 nitrogen and oxygen atoms in total. The third-order valence-corrected chi connectivity index (χ3v) is 3.72. The molecule has 0 aromatic carbocycles. The average molecular weight is 229 g/mol. The number of rotatable bonds is 5. The van der Waals surface area contributed by atoms with Crippen LogP contribution in [0.3, 0.4) is 0 Å². The molecule has 0 fully saturated rings. The highest BCUT2D eigenvalue weighted by molar-refractivity contribution is 7.85. The summed E-state index contributed by atoms with van der Waals surface area (Å²) in [5, 5.41) is 0. The first kappa shape index (κ1) is 12.4. The van der Waals surface area contributed by atoms with Gasteiger partial charge < -0.3 is 10.3 Å². The summed E-state index contributed by atoms with van der Waals surface area (Å²) < 4.78 is 13.7. The van der Waals surface area contributed by atoms with Crippen LogP contribution in [0.15, 0.2) is 12.4 Å². The van der Waals surface area contributed by atoms with E-state index in [4.69, 9.17) is 5.73 Å². The van der Waals surface area contributed by atoms with E-state index in [9.17, 15) is 4.21 Å². The molecule has 0 aliphatic carbocycles. The molecule has 0 aliphatic heterocycles. The maximum Gasteiger partial charge on any atom is 0.105 e. The molecule has 1 heterocycles. The lowest BCUT2D eigenvalue weighted by molar-refractivity contribution is 0.575. The van der Waals surface area contributed by atoms with Gasteiger partial charge in [-0.3, -0.25) is 4.21 Å². The molecule has 1 unspecified atom stereocenters. The van der Waals surface area contributed by atoms with Gasteiger partial charge in [-0.05, 0) is 20.8 Å². The molecule has 1 atom stereocenters. The van der Waals surface area contributed by atoms with Crippen molar-refractivity contribution in [2.24, 2.45) is 5.73 Å². The highest BCUT2D eigenvalue weighted by Gasteiger charge is 2.15. The first-order valence-corrected chi connectivity index (χ1v) is 6.49. The van der Waals surface area contributed by atoms with E-state index in [2.05, 4.69) is 4.98 Å². The summed E-state index contributed by atoms with van der Waals surface area (Å²) >= 11 is 0. The number of nitrogens with two attached hydrogens (primary N) is 1. The molecule has 0 saturated carbocycles. The minimum absolute atomic E-state index is 0.352. The van der Waals surface area contributed by atoms with Gasteiger partial charge in [0.2, 0.25) is 0 Å². The summed E-state index contributed by atoms with van der Waals surface area (Å²) in [6.45, 7) is 6.48. The van der Waals surface area contributed by atoms with Gasteiger partial charge in [-0.25, -0.2) is 4.98 Å².